The van der Waals surface area contributed by atoms with Gasteiger partial charge in [0.25, 0.3) is 5.91 Å². The molecule has 1 aliphatic heterocycles. The summed E-state index contributed by atoms with van der Waals surface area (Å²) in [6, 6.07) is 18.4. The minimum atomic E-state index is -0.175. The lowest BCUT2D eigenvalue weighted by Gasteiger charge is -2.30. The van der Waals surface area contributed by atoms with Gasteiger partial charge in [-0.25, -0.2) is 9.97 Å². The molecule has 1 aromatic heterocycles. The third-order valence-electron chi connectivity index (χ3n) is 5.05. The van der Waals surface area contributed by atoms with Crippen LogP contribution in [0.5, 0.6) is 0 Å². The molecular weight excluding hydrogens is 348 g/mol. The Morgan fingerprint density at radius 2 is 1.86 bits per heavy atom. The average Bonchev–Trinajstić information content (AvgIpc) is 2.71. The summed E-state index contributed by atoms with van der Waals surface area (Å²) in [5.74, 6) is 1.24. The van der Waals surface area contributed by atoms with E-state index in [0.29, 0.717) is 18.1 Å². The van der Waals surface area contributed by atoms with E-state index in [2.05, 4.69) is 50.5 Å². The van der Waals surface area contributed by atoms with Crippen molar-refractivity contribution in [2.45, 2.75) is 33.4 Å². The van der Waals surface area contributed by atoms with Crippen molar-refractivity contribution in [3.63, 3.8) is 0 Å². The zero-order chi connectivity index (χ0) is 19.5. The maximum Gasteiger partial charge on any atom is 0.270 e. The number of nitrogens with zero attached hydrogens (tertiary/aromatic N) is 3. The lowest BCUT2D eigenvalue weighted by Crippen LogP contribution is -2.32. The Morgan fingerprint density at radius 1 is 1.04 bits per heavy atom. The minimum Gasteiger partial charge on any atom is -0.352 e. The van der Waals surface area contributed by atoms with Gasteiger partial charge in [-0.15, -0.1) is 0 Å². The van der Waals surface area contributed by atoms with Crippen LogP contribution in [0, 0.1) is 13.8 Å². The molecule has 0 atom stereocenters. The van der Waals surface area contributed by atoms with Crippen LogP contribution in [0.1, 0.15) is 38.6 Å². The highest BCUT2D eigenvalue weighted by Crippen LogP contribution is 2.23. The molecule has 2 heterocycles. The Kier molecular flexibility index (Phi) is 5.06. The fourth-order valence-electron chi connectivity index (χ4n) is 3.62. The molecule has 1 amide bonds. The standard InChI is InChI=1S/C23H24N4O/c1-16-6-5-7-18(12-16)14-24-23(28)21-13-22(26-17(2)25-21)27-11-10-19-8-3-4-9-20(19)15-27/h3-9,12-13H,10-11,14-15H2,1-2H3,(H,24,28). The molecule has 2 aromatic carbocycles. The van der Waals surface area contributed by atoms with Crippen LogP contribution in [0.2, 0.25) is 0 Å². The summed E-state index contributed by atoms with van der Waals surface area (Å²) < 4.78 is 0. The number of fused-ring (bicyclic) bond motifs is 1. The highest BCUT2D eigenvalue weighted by atomic mass is 16.1. The molecule has 4 rings (SSSR count). The zero-order valence-corrected chi connectivity index (χ0v) is 16.3. The summed E-state index contributed by atoms with van der Waals surface area (Å²) in [6.07, 6.45) is 0.980. The van der Waals surface area contributed by atoms with Crippen molar-refractivity contribution in [1.82, 2.24) is 15.3 Å². The second-order valence-corrected chi connectivity index (χ2v) is 7.27. The molecule has 0 saturated heterocycles. The fraction of sp³-hybridized carbons (Fsp3) is 0.261. The topological polar surface area (TPSA) is 58.1 Å². The van der Waals surface area contributed by atoms with Crippen LogP contribution in [-0.4, -0.2) is 22.4 Å². The number of hydrogen-bond acceptors (Lipinski definition) is 4. The van der Waals surface area contributed by atoms with Crippen LogP contribution in [-0.2, 0) is 19.5 Å². The smallest absolute Gasteiger partial charge is 0.270 e. The Morgan fingerprint density at radius 3 is 2.68 bits per heavy atom. The van der Waals surface area contributed by atoms with E-state index in [4.69, 9.17) is 0 Å². The highest BCUT2D eigenvalue weighted by molar-refractivity contribution is 5.92. The van der Waals surface area contributed by atoms with Gasteiger partial charge in [0.15, 0.2) is 0 Å². The minimum absolute atomic E-state index is 0.175. The first-order valence-corrected chi connectivity index (χ1v) is 9.59. The van der Waals surface area contributed by atoms with Crippen LogP contribution in [0.4, 0.5) is 5.82 Å². The molecule has 0 fully saturated rings. The molecule has 3 aromatic rings. The van der Waals surface area contributed by atoms with E-state index in [1.165, 1.54) is 16.7 Å². The van der Waals surface area contributed by atoms with Gasteiger partial charge in [0.05, 0.1) is 0 Å². The van der Waals surface area contributed by atoms with E-state index < -0.39 is 0 Å². The predicted molar refractivity (Wildman–Crippen MR) is 110 cm³/mol. The summed E-state index contributed by atoms with van der Waals surface area (Å²) in [7, 11) is 0. The lowest BCUT2D eigenvalue weighted by atomic mass is 10.00. The van der Waals surface area contributed by atoms with Crippen LogP contribution in [0.25, 0.3) is 0 Å². The second kappa shape index (κ2) is 7.80. The molecule has 0 aliphatic carbocycles. The first-order chi connectivity index (χ1) is 13.6. The largest absolute Gasteiger partial charge is 0.352 e. The van der Waals surface area contributed by atoms with Gasteiger partial charge in [-0.3, -0.25) is 4.79 Å². The third-order valence-corrected chi connectivity index (χ3v) is 5.05. The molecule has 0 unspecified atom stereocenters. The number of amides is 1. The Hall–Kier alpha value is -3.21. The molecule has 1 N–H and O–H groups in total. The van der Waals surface area contributed by atoms with Crippen molar-refractivity contribution in [1.29, 1.82) is 0 Å². The number of aryl methyl sites for hydroxylation is 2. The average molecular weight is 372 g/mol. The molecule has 0 bridgehead atoms. The molecule has 0 saturated carbocycles. The van der Waals surface area contributed by atoms with Crippen molar-refractivity contribution in [3.8, 4) is 0 Å². The number of anilines is 1. The van der Waals surface area contributed by atoms with E-state index >= 15 is 0 Å². The van der Waals surface area contributed by atoms with Gasteiger partial charge in [-0.2, -0.15) is 0 Å². The van der Waals surface area contributed by atoms with E-state index in [1.54, 1.807) is 6.07 Å². The van der Waals surface area contributed by atoms with Crippen LogP contribution >= 0.6 is 0 Å². The summed E-state index contributed by atoms with van der Waals surface area (Å²) in [6.45, 7) is 6.05. The van der Waals surface area contributed by atoms with Gasteiger partial charge in [0, 0.05) is 25.7 Å². The van der Waals surface area contributed by atoms with Crippen molar-refractivity contribution < 1.29 is 4.79 Å². The number of carbonyl (C=O) groups excluding carboxylic acids is 1. The monoisotopic (exact) mass is 372 g/mol. The van der Waals surface area contributed by atoms with E-state index in [0.717, 1.165) is 30.9 Å². The number of aromatic nitrogens is 2. The molecule has 1 aliphatic rings. The maximum atomic E-state index is 12.7. The van der Waals surface area contributed by atoms with Gasteiger partial charge in [0.2, 0.25) is 0 Å². The third kappa shape index (κ3) is 4.03. The summed E-state index contributed by atoms with van der Waals surface area (Å²) in [5.41, 5.74) is 5.37. The van der Waals surface area contributed by atoms with Gasteiger partial charge in [-0.1, -0.05) is 54.1 Å². The fourth-order valence-corrected chi connectivity index (χ4v) is 3.62. The summed E-state index contributed by atoms with van der Waals surface area (Å²) >= 11 is 0. The lowest BCUT2D eigenvalue weighted by molar-refractivity contribution is 0.0945. The van der Waals surface area contributed by atoms with Crippen LogP contribution in [0.15, 0.2) is 54.6 Å². The van der Waals surface area contributed by atoms with Gasteiger partial charge < -0.3 is 10.2 Å². The number of benzene rings is 2. The van der Waals surface area contributed by atoms with Gasteiger partial charge in [-0.05, 0) is 37.0 Å². The maximum absolute atomic E-state index is 12.7. The molecule has 0 radical (unpaired) electrons. The zero-order valence-electron chi connectivity index (χ0n) is 16.3. The van der Waals surface area contributed by atoms with E-state index in [1.807, 2.05) is 32.0 Å². The van der Waals surface area contributed by atoms with E-state index in [-0.39, 0.29) is 5.91 Å². The van der Waals surface area contributed by atoms with Crippen molar-refractivity contribution in [3.05, 3.63) is 88.4 Å². The first-order valence-electron chi connectivity index (χ1n) is 9.59. The predicted octanol–water partition coefficient (Wildman–Crippen LogP) is 3.59. The second-order valence-electron chi connectivity index (χ2n) is 7.27. The summed E-state index contributed by atoms with van der Waals surface area (Å²) in [4.78, 5) is 23.8. The number of carbonyl (C=O) groups is 1. The molecule has 28 heavy (non-hydrogen) atoms. The van der Waals surface area contributed by atoms with Crippen LogP contribution in [0.3, 0.4) is 0 Å². The number of hydrogen-bond donors (Lipinski definition) is 1. The van der Waals surface area contributed by atoms with Gasteiger partial charge >= 0.3 is 0 Å². The summed E-state index contributed by atoms with van der Waals surface area (Å²) in [5, 5.41) is 2.97. The quantitative estimate of drug-likeness (QED) is 0.760. The van der Waals surface area contributed by atoms with Crippen molar-refractivity contribution in [2.75, 3.05) is 11.4 Å². The molecule has 0 spiro atoms. The molecule has 142 valence electrons. The van der Waals surface area contributed by atoms with Crippen molar-refractivity contribution >= 4 is 11.7 Å². The highest BCUT2D eigenvalue weighted by Gasteiger charge is 2.19. The molecular formula is C23H24N4O. The Balaban J connectivity index is 1.50. The Bertz CT molecular complexity index is 1010. The van der Waals surface area contributed by atoms with Gasteiger partial charge in [0.1, 0.15) is 17.3 Å². The SMILES string of the molecule is Cc1cccc(CNC(=O)c2cc(N3CCc4ccccc4C3)nc(C)n2)c1. The normalized spacial score (nSPS) is 13.1. The first kappa shape index (κ1) is 18.2. The Labute approximate surface area is 165 Å². The number of nitrogens with one attached hydrogen (secondary N) is 1. The van der Waals surface area contributed by atoms with Crippen LogP contribution < -0.4 is 10.2 Å². The van der Waals surface area contributed by atoms with E-state index in [9.17, 15) is 4.79 Å². The molecule has 5 nitrogen and oxygen atoms in total. The van der Waals surface area contributed by atoms with Crippen molar-refractivity contribution in [2.24, 2.45) is 0 Å². The molecule has 5 heteroatoms. The number of rotatable bonds is 4.